The fourth-order valence-electron chi connectivity index (χ4n) is 1.27. The third-order valence-electron chi connectivity index (χ3n) is 2.01. The first kappa shape index (κ1) is 10.1. The Morgan fingerprint density at radius 3 is 2.87 bits per heavy atom. The summed E-state index contributed by atoms with van der Waals surface area (Å²) in [4.78, 5) is 0. The molecule has 15 heavy (non-hydrogen) atoms. The molecule has 3 nitrogen and oxygen atoms in total. The molecule has 0 bridgehead atoms. The number of hydrogen-bond acceptors (Lipinski definition) is 2. The van der Waals surface area contributed by atoms with E-state index < -0.39 is 0 Å². The van der Waals surface area contributed by atoms with Crippen molar-refractivity contribution in [2.24, 2.45) is 5.73 Å². The van der Waals surface area contributed by atoms with Gasteiger partial charge in [0.05, 0.1) is 16.4 Å². The van der Waals surface area contributed by atoms with Crippen molar-refractivity contribution in [3.8, 4) is 5.69 Å². The molecule has 0 saturated carbocycles. The molecule has 0 saturated heterocycles. The van der Waals surface area contributed by atoms with Crippen LogP contribution in [0, 0.1) is 5.82 Å². The summed E-state index contributed by atoms with van der Waals surface area (Å²) in [6.07, 6.45) is 1.70. The molecule has 1 aromatic heterocycles. The number of aromatic nitrogens is 2. The van der Waals surface area contributed by atoms with Crippen molar-refractivity contribution >= 4 is 11.6 Å². The van der Waals surface area contributed by atoms with Crippen LogP contribution in [0.1, 0.15) is 5.69 Å². The van der Waals surface area contributed by atoms with Crippen LogP contribution in [-0.4, -0.2) is 9.78 Å². The lowest BCUT2D eigenvalue weighted by molar-refractivity contribution is 0.625. The number of rotatable bonds is 2. The van der Waals surface area contributed by atoms with E-state index in [1.165, 1.54) is 22.9 Å². The molecule has 78 valence electrons. The fourth-order valence-corrected chi connectivity index (χ4v) is 1.47. The SMILES string of the molecule is NCc1ccn(-c2cc(F)ccc2Cl)n1. The van der Waals surface area contributed by atoms with E-state index in [4.69, 9.17) is 17.3 Å². The third-order valence-corrected chi connectivity index (χ3v) is 2.33. The summed E-state index contributed by atoms with van der Waals surface area (Å²) in [6, 6.07) is 5.89. The molecule has 0 amide bonds. The second-order valence-corrected chi connectivity index (χ2v) is 3.46. The Kier molecular flexibility index (Phi) is 2.70. The van der Waals surface area contributed by atoms with Crippen LogP contribution in [0.15, 0.2) is 30.5 Å². The van der Waals surface area contributed by atoms with Gasteiger partial charge >= 0.3 is 0 Å². The number of nitrogens with two attached hydrogens (primary N) is 1. The summed E-state index contributed by atoms with van der Waals surface area (Å²) >= 11 is 5.92. The molecule has 2 aromatic rings. The predicted octanol–water partition coefficient (Wildman–Crippen LogP) is 2.12. The molecule has 0 aliphatic heterocycles. The highest BCUT2D eigenvalue weighted by molar-refractivity contribution is 6.32. The minimum Gasteiger partial charge on any atom is -0.325 e. The lowest BCUT2D eigenvalue weighted by atomic mass is 10.3. The van der Waals surface area contributed by atoms with Crippen LogP contribution in [0.4, 0.5) is 4.39 Å². The van der Waals surface area contributed by atoms with Gasteiger partial charge in [-0.05, 0) is 18.2 Å². The number of nitrogens with zero attached hydrogens (tertiary/aromatic N) is 2. The Morgan fingerprint density at radius 2 is 2.20 bits per heavy atom. The highest BCUT2D eigenvalue weighted by atomic mass is 35.5. The highest BCUT2D eigenvalue weighted by Crippen LogP contribution is 2.20. The molecule has 1 heterocycles. The molecule has 1 aromatic carbocycles. The largest absolute Gasteiger partial charge is 0.325 e. The molecular formula is C10H9ClFN3. The number of benzene rings is 1. The van der Waals surface area contributed by atoms with Crippen molar-refractivity contribution in [1.29, 1.82) is 0 Å². The quantitative estimate of drug-likeness (QED) is 0.851. The van der Waals surface area contributed by atoms with Gasteiger partial charge < -0.3 is 5.73 Å². The van der Waals surface area contributed by atoms with Crippen molar-refractivity contribution in [1.82, 2.24) is 9.78 Å². The van der Waals surface area contributed by atoms with Crippen molar-refractivity contribution in [2.45, 2.75) is 6.54 Å². The van der Waals surface area contributed by atoms with E-state index in [-0.39, 0.29) is 5.82 Å². The first-order valence-corrected chi connectivity index (χ1v) is 4.78. The first-order valence-electron chi connectivity index (χ1n) is 4.41. The number of halogens is 2. The van der Waals surface area contributed by atoms with E-state index in [1.807, 2.05) is 0 Å². The average Bonchev–Trinajstić information content (AvgIpc) is 2.70. The Morgan fingerprint density at radius 1 is 1.40 bits per heavy atom. The molecule has 0 aliphatic rings. The molecular weight excluding hydrogens is 217 g/mol. The maximum absolute atomic E-state index is 13.0. The average molecular weight is 226 g/mol. The van der Waals surface area contributed by atoms with Gasteiger partial charge in [0.1, 0.15) is 5.82 Å². The smallest absolute Gasteiger partial charge is 0.125 e. The van der Waals surface area contributed by atoms with Crippen molar-refractivity contribution in [3.63, 3.8) is 0 Å². The van der Waals surface area contributed by atoms with Gasteiger partial charge in [-0.2, -0.15) is 5.10 Å². The standard InChI is InChI=1S/C10H9ClFN3/c11-9-2-1-7(12)5-10(9)15-4-3-8(6-13)14-15/h1-5H,6,13H2. The van der Waals surface area contributed by atoms with Crippen LogP contribution in [0.3, 0.4) is 0 Å². The third kappa shape index (κ3) is 2.00. The lowest BCUT2D eigenvalue weighted by Gasteiger charge is -2.03. The second kappa shape index (κ2) is 4.00. The van der Waals surface area contributed by atoms with Gasteiger partial charge in [0.25, 0.3) is 0 Å². The topological polar surface area (TPSA) is 43.8 Å². The van der Waals surface area contributed by atoms with E-state index in [9.17, 15) is 4.39 Å². The molecule has 0 unspecified atom stereocenters. The van der Waals surface area contributed by atoms with Crippen molar-refractivity contribution in [2.75, 3.05) is 0 Å². The van der Waals surface area contributed by atoms with Gasteiger partial charge in [0.15, 0.2) is 0 Å². The normalized spacial score (nSPS) is 10.6. The summed E-state index contributed by atoms with van der Waals surface area (Å²) in [5.41, 5.74) is 6.67. The van der Waals surface area contributed by atoms with Crippen molar-refractivity contribution < 1.29 is 4.39 Å². The molecule has 0 aliphatic carbocycles. The maximum Gasteiger partial charge on any atom is 0.125 e. The zero-order valence-electron chi connectivity index (χ0n) is 7.82. The number of hydrogen-bond donors (Lipinski definition) is 1. The van der Waals surface area contributed by atoms with Crippen LogP contribution in [0.2, 0.25) is 5.02 Å². The van der Waals surface area contributed by atoms with Crippen molar-refractivity contribution in [3.05, 3.63) is 47.0 Å². The Bertz CT molecular complexity index is 481. The predicted molar refractivity (Wildman–Crippen MR) is 56.4 cm³/mol. The molecule has 0 spiro atoms. The Labute approximate surface area is 91.3 Å². The Balaban J connectivity index is 2.48. The summed E-state index contributed by atoms with van der Waals surface area (Å²) in [5.74, 6) is -0.348. The molecule has 2 rings (SSSR count). The zero-order valence-corrected chi connectivity index (χ0v) is 8.58. The molecule has 2 N–H and O–H groups in total. The van der Waals surface area contributed by atoms with Gasteiger partial charge in [-0.3, -0.25) is 0 Å². The van der Waals surface area contributed by atoms with Gasteiger partial charge in [0.2, 0.25) is 0 Å². The van der Waals surface area contributed by atoms with E-state index in [0.717, 1.165) is 5.69 Å². The Hall–Kier alpha value is -1.39. The molecule has 0 fully saturated rings. The van der Waals surface area contributed by atoms with Gasteiger partial charge in [-0.15, -0.1) is 0 Å². The molecule has 0 atom stereocenters. The molecule has 5 heteroatoms. The first-order chi connectivity index (χ1) is 7.20. The molecule has 0 radical (unpaired) electrons. The van der Waals surface area contributed by atoms with Crippen LogP contribution in [-0.2, 0) is 6.54 Å². The zero-order chi connectivity index (χ0) is 10.8. The van der Waals surface area contributed by atoms with Crippen LogP contribution in [0.5, 0.6) is 0 Å². The van der Waals surface area contributed by atoms with Crippen LogP contribution >= 0.6 is 11.6 Å². The van der Waals surface area contributed by atoms with Gasteiger partial charge in [-0.25, -0.2) is 9.07 Å². The minimum absolute atomic E-state index is 0.347. The maximum atomic E-state index is 13.0. The van der Waals surface area contributed by atoms with E-state index in [0.29, 0.717) is 17.3 Å². The monoisotopic (exact) mass is 225 g/mol. The van der Waals surface area contributed by atoms with Gasteiger partial charge in [-0.1, -0.05) is 11.6 Å². The van der Waals surface area contributed by atoms with E-state index in [2.05, 4.69) is 5.10 Å². The van der Waals surface area contributed by atoms with E-state index >= 15 is 0 Å². The summed E-state index contributed by atoms with van der Waals surface area (Å²) in [7, 11) is 0. The minimum atomic E-state index is -0.348. The van der Waals surface area contributed by atoms with Crippen LogP contribution < -0.4 is 5.73 Å². The van der Waals surface area contributed by atoms with E-state index in [1.54, 1.807) is 12.3 Å². The fraction of sp³-hybridized carbons (Fsp3) is 0.100. The summed E-state index contributed by atoms with van der Waals surface area (Å²) < 4.78 is 14.5. The summed E-state index contributed by atoms with van der Waals surface area (Å²) in [6.45, 7) is 0.347. The summed E-state index contributed by atoms with van der Waals surface area (Å²) in [5, 5.41) is 4.59. The highest BCUT2D eigenvalue weighted by Gasteiger charge is 2.05. The lowest BCUT2D eigenvalue weighted by Crippen LogP contribution is -2.01. The van der Waals surface area contributed by atoms with Gasteiger partial charge in [0, 0.05) is 18.8 Å². The van der Waals surface area contributed by atoms with Crippen LogP contribution in [0.25, 0.3) is 5.69 Å². The second-order valence-electron chi connectivity index (χ2n) is 3.05.